The zero-order chi connectivity index (χ0) is 19.4. The van der Waals surface area contributed by atoms with Gasteiger partial charge in [0.1, 0.15) is 17.3 Å². The van der Waals surface area contributed by atoms with E-state index >= 15 is 0 Å². The second-order valence-electron chi connectivity index (χ2n) is 5.98. The Bertz CT molecular complexity index is 812. The van der Waals surface area contributed by atoms with Gasteiger partial charge in [0.2, 0.25) is 11.8 Å². The van der Waals surface area contributed by atoms with Crippen molar-refractivity contribution in [2.24, 2.45) is 0 Å². The first kappa shape index (κ1) is 19.8. The van der Waals surface area contributed by atoms with Crippen molar-refractivity contribution in [3.8, 4) is 0 Å². The van der Waals surface area contributed by atoms with Crippen LogP contribution in [0.3, 0.4) is 0 Å². The van der Waals surface area contributed by atoms with E-state index in [1.165, 1.54) is 17.9 Å². The number of hydrogen-bond donors (Lipinski definition) is 1. The number of nitrogens with zero attached hydrogens (tertiary/aromatic N) is 1. The molecule has 0 aliphatic heterocycles. The first-order valence-corrected chi connectivity index (χ1v) is 8.37. The molecule has 0 saturated heterocycles. The predicted octanol–water partition coefficient (Wildman–Crippen LogP) is 4.62. The van der Waals surface area contributed by atoms with E-state index in [2.05, 4.69) is 5.32 Å². The summed E-state index contributed by atoms with van der Waals surface area (Å²) in [4.78, 5) is 25.5. The summed E-state index contributed by atoms with van der Waals surface area (Å²) in [6.07, 6.45) is -0.142. The number of hydrogen-bond acceptors (Lipinski definition) is 2. The predicted molar refractivity (Wildman–Crippen MR) is 98.6 cm³/mol. The summed E-state index contributed by atoms with van der Waals surface area (Å²) in [6.45, 7) is 5.10. The fourth-order valence-corrected chi connectivity index (χ4v) is 3.13. The first-order chi connectivity index (χ1) is 12.2. The lowest BCUT2D eigenvalue weighted by molar-refractivity contribution is -0.117. The highest BCUT2D eigenvalue weighted by Gasteiger charge is 2.19. The fraction of sp³-hybridized carbons (Fsp3) is 0.263. The molecule has 7 heteroatoms. The lowest BCUT2D eigenvalue weighted by atomic mass is 10.1. The number of carbonyl (C=O) groups excluding carboxylic acids is 2. The minimum absolute atomic E-state index is 0.0286. The lowest BCUT2D eigenvalue weighted by Gasteiger charge is -2.24. The van der Waals surface area contributed by atoms with E-state index in [4.69, 9.17) is 11.6 Å². The Balaban J connectivity index is 2.15. The molecule has 2 aromatic rings. The van der Waals surface area contributed by atoms with Crippen molar-refractivity contribution < 1.29 is 18.4 Å². The van der Waals surface area contributed by atoms with E-state index in [0.29, 0.717) is 10.7 Å². The third-order valence-corrected chi connectivity index (χ3v) is 4.13. The Morgan fingerprint density at radius 3 is 2.31 bits per heavy atom. The van der Waals surface area contributed by atoms with Crippen LogP contribution in [-0.4, -0.2) is 18.4 Å². The highest BCUT2D eigenvalue weighted by Crippen LogP contribution is 2.31. The van der Waals surface area contributed by atoms with Crippen LogP contribution in [0.5, 0.6) is 0 Å². The van der Waals surface area contributed by atoms with Crippen LogP contribution in [0.4, 0.5) is 20.2 Å². The maximum atomic E-state index is 13.6. The molecule has 0 fully saturated rings. The van der Waals surface area contributed by atoms with Gasteiger partial charge in [-0.3, -0.25) is 9.59 Å². The maximum absolute atomic E-state index is 13.6. The SMILES string of the molecule is CC(=O)N(CCC(=O)Nc1c(F)cccc1F)c1c(C)cc(C)cc1Cl. The monoisotopic (exact) mass is 380 g/mol. The number of nitrogens with one attached hydrogen (secondary N) is 1. The molecule has 138 valence electrons. The number of amides is 2. The Kier molecular flexibility index (Phi) is 6.32. The molecule has 0 aliphatic rings. The van der Waals surface area contributed by atoms with Crippen molar-refractivity contribution in [3.05, 3.63) is 58.1 Å². The number of carbonyl (C=O) groups is 2. The number of rotatable bonds is 5. The van der Waals surface area contributed by atoms with Crippen molar-refractivity contribution in [2.45, 2.75) is 27.2 Å². The number of halogens is 3. The maximum Gasteiger partial charge on any atom is 0.226 e. The zero-order valence-corrected chi connectivity index (χ0v) is 15.5. The van der Waals surface area contributed by atoms with Crippen LogP contribution in [0.25, 0.3) is 0 Å². The van der Waals surface area contributed by atoms with Gasteiger partial charge in [-0.25, -0.2) is 8.78 Å². The van der Waals surface area contributed by atoms with Crippen molar-refractivity contribution >= 4 is 34.8 Å². The molecule has 0 spiro atoms. The van der Waals surface area contributed by atoms with Crippen molar-refractivity contribution in [3.63, 3.8) is 0 Å². The molecule has 1 N–H and O–H groups in total. The third kappa shape index (κ3) is 4.58. The van der Waals surface area contributed by atoms with E-state index in [9.17, 15) is 18.4 Å². The summed E-state index contributed by atoms with van der Waals surface area (Å²) in [7, 11) is 0. The zero-order valence-electron chi connectivity index (χ0n) is 14.7. The average molecular weight is 381 g/mol. The van der Waals surface area contributed by atoms with E-state index in [1.807, 2.05) is 19.9 Å². The van der Waals surface area contributed by atoms with Crippen LogP contribution in [0.15, 0.2) is 30.3 Å². The van der Waals surface area contributed by atoms with Crippen LogP contribution < -0.4 is 10.2 Å². The highest BCUT2D eigenvalue weighted by atomic mass is 35.5. The molecular weight excluding hydrogens is 362 g/mol. The molecule has 2 rings (SSSR count). The van der Waals surface area contributed by atoms with Gasteiger partial charge in [-0.2, -0.15) is 0 Å². The van der Waals surface area contributed by atoms with Crippen LogP contribution in [0.1, 0.15) is 24.5 Å². The van der Waals surface area contributed by atoms with Crippen molar-refractivity contribution in [1.29, 1.82) is 0 Å². The van der Waals surface area contributed by atoms with Gasteiger partial charge >= 0.3 is 0 Å². The fourth-order valence-electron chi connectivity index (χ4n) is 2.71. The summed E-state index contributed by atoms with van der Waals surface area (Å²) in [5.41, 5.74) is 1.77. The molecule has 0 atom stereocenters. The molecule has 0 aliphatic carbocycles. The Hall–Kier alpha value is -2.47. The van der Waals surface area contributed by atoms with E-state index in [1.54, 1.807) is 6.07 Å². The minimum Gasteiger partial charge on any atom is -0.321 e. The molecule has 0 saturated carbocycles. The van der Waals surface area contributed by atoms with Crippen molar-refractivity contribution in [1.82, 2.24) is 0 Å². The molecule has 2 amide bonds. The first-order valence-electron chi connectivity index (χ1n) is 7.99. The number of aryl methyl sites for hydroxylation is 2. The van der Waals surface area contributed by atoms with Crippen LogP contribution in [-0.2, 0) is 9.59 Å². The Morgan fingerprint density at radius 1 is 1.15 bits per heavy atom. The van der Waals surface area contributed by atoms with Crippen molar-refractivity contribution in [2.75, 3.05) is 16.8 Å². The lowest BCUT2D eigenvalue weighted by Crippen LogP contribution is -2.33. The topological polar surface area (TPSA) is 49.4 Å². The Morgan fingerprint density at radius 2 is 1.77 bits per heavy atom. The molecular formula is C19H19ClF2N2O2. The van der Waals surface area contributed by atoms with Gasteiger partial charge in [-0.15, -0.1) is 0 Å². The van der Waals surface area contributed by atoms with E-state index in [-0.39, 0.29) is 18.9 Å². The molecule has 0 radical (unpaired) electrons. The smallest absolute Gasteiger partial charge is 0.226 e. The Labute approximate surface area is 155 Å². The largest absolute Gasteiger partial charge is 0.321 e. The standard InChI is InChI=1S/C19H19ClF2N2O2/c1-11-9-12(2)19(14(20)10-11)24(13(3)25)8-7-17(26)23-18-15(21)5-4-6-16(18)22/h4-6,9-10H,7-8H2,1-3H3,(H,23,26). The van der Waals surface area contributed by atoms with E-state index < -0.39 is 23.2 Å². The number of benzene rings is 2. The minimum atomic E-state index is -0.862. The normalized spacial score (nSPS) is 10.5. The van der Waals surface area contributed by atoms with Crippen LogP contribution in [0.2, 0.25) is 5.02 Å². The molecule has 0 aromatic heterocycles. The average Bonchev–Trinajstić information content (AvgIpc) is 2.53. The second kappa shape index (κ2) is 8.27. The second-order valence-corrected chi connectivity index (χ2v) is 6.38. The molecule has 26 heavy (non-hydrogen) atoms. The third-order valence-electron chi connectivity index (χ3n) is 3.84. The summed E-state index contributed by atoms with van der Waals surface area (Å²) in [5, 5.41) is 2.60. The van der Waals surface area contributed by atoms with Gasteiger partial charge in [0.25, 0.3) is 0 Å². The highest BCUT2D eigenvalue weighted by molar-refractivity contribution is 6.34. The quantitative estimate of drug-likeness (QED) is 0.823. The van der Waals surface area contributed by atoms with Gasteiger partial charge < -0.3 is 10.2 Å². The summed E-state index contributed by atoms with van der Waals surface area (Å²) < 4.78 is 27.2. The molecule has 2 aromatic carbocycles. The van der Waals surface area contributed by atoms with Crippen LogP contribution >= 0.6 is 11.6 Å². The number of para-hydroxylation sites is 1. The molecule has 0 unspecified atom stereocenters. The summed E-state index contributed by atoms with van der Waals surface area (Å²) in [6, 6.07) is 6.92. The van der Waals surface area contributed by atoms with Crippen LogP contribution in [0, 0.1) is 25.5 Å². The van der Waals surface area contributed by atoms with Gasteiger partial charge in [-0.1, -0.05) is 23.7 Å². The summed E-state index contributed by atoms with van der Waals surface area (Å²) >= 11 is 6.27. The van der Waals surface area contributed by atoms with Gasteiger partial charge in [0, 0.05) is 19.9 Å². The molecule has 0 bridgehead atoms. The molecule has 0 heterocycles. The van der Waals surface area contributed by atoms with Gasteiger partial charge in [-0.05, 0) is 43.2 Å². The molecule has 4 nitrogen and oxygen atoms in total. The van der Waals surface area contributed by atoms with Gasteiger partial charge in [0.05, 0.1) is 10.7 Å². The van der Waals surface area contributed by atoms with E-state index in [0.717, 1.165) is 23.3 Å². The van der Waals surface area contributed by atoms with Gasteiger partial charge in [0.15, 0.2) is 0 Å². The number of anilines is 2. The summed E-state index contributed by atoms with van der Waals surface area (Å²) in [5.74, 6) is -2.62.